The largest absolute Gasteiger partial charge is 2.00 e. The molecule has 0 rings (SSSR count). The Morgan fingerprint density at radius 3 is 1.09 bits per heavy atom. The van der Waals surface area contributed by atoms with Crippen molar-refractivity contribution in [1.82, 2.24) is 0 Å². The van der Waals surface area contributed by atoms with E-state index in [0.29, 0.717) is 0 Å². The molecule has 0 aromatic carbocycles. The van der Waals surface area contributed by atoms with Crippen LogP contribution in [0.25, 0.3) is 0 Å². The summed E-state index contributed by atoms with van der Waals surface area (Å²) in [5.74, 6) is 0. The van der Waals surface area contributed by atoms with Gasteiger partial charge >= 0.3 is 21.1 Å². The summed E-state index contributed by atoms with van der Waals surface area (Å²) in [7, 11) is 0. The van der Waals surface area contributed by atoms with Gasteiger partial charge in [0.15, 0.2) is 0 Å². The first-order chi connectivity index (χ1) is 4.41. The van der Waals surface area contributed by atoms with Crippen LogP contribution in [0, 0.1) is 20.3 Å². The van der Waals surface area contributed by atoms with E-state index in [2.05, 4.69) is 34.1 Å². The SMILES string of the molecule is CC[CH-]CC.[CH2-]C.[CH2-]C.[W+2].[W]. The molecule has 0 amide bonds. The summed E-state index contributed by atoms with van der Waals surface area (Å²) in [6, 6.07) is 0. The van der Waals surface area contributed by atoms with Gasteiger partial charge in [-0.25, -0.2) is 0 Å². The summed E-state index contributed by atoms with van der Waals surface area (Å²) in [5, 5.41) is 0. The summed E-state index contributed by atoms with van der Waals surface area (Å²) >= 11 is 0. The van der Waals surface area contributed by atoms with Crippen molar-refractivity contribution in [3.8, 4) is 0 Å². The molecule has 0 N–H and O–H groups in total. The van der Waals surface area contributed by atoms with Crippen LogP contribution in [0.1, 0.15) is 40.5 Å². The van der Waals surface area contributed by atoms with Crippen molar-refractivity contribution in [1.29, 1.82) is 0 Å². The molecule has 0 unspecified atom stereocenters. The third-order valence-corrected chi connectivity index (χ3v) is 0.577. The van der Waals surface area contributed by atoms with Gasteiger partial charge in [0.25, 0.3) is 0 Å². The van der Waals surface area contributed by atoms with Crippen molar-refractivity contribution in [3.63, 3.8) is 0 Å². The fraction of sp³-hybridized carbons (Fsp3) is 0.667. The normalized spacial score (nSPS) is 4.91. The van der Waals surface area contributed by atoms with Crippen LogP contribution in [-0.4, -0.2) is 0 Å². The van der Waals surface area contributed by atoms with E-state index in [1.807, 2.05) is 0 Å². The third-order valence-electron chi connectivity index (χ3n) is 0.577. The molecule has 2 heteroatoms. The first-order valence-corrected chi connectivity index (χ1v) is 3.64. The van der Waals surface area contributed by atoms with Crippen molar-refractivity contribution in [3.05, 3.63) is 20.3 Å². The van der Waals surface area contributed by atoms with Crippen LogP contribution in [0.4, 0.5) is 0 Å². The fourth-order valence-electron chi connectivity index (χ4n) is 0.289. The fourth-order valence-corrected chi connectivity index (χ4v) is 0.289. The Labute approximate surface area is 102 Å². The van der Waals surface area contributed by atoms with E-state index in [9.17, 15) is 0 Å². The Kier molecular flexibility index (Phi) is 171. The zero-order valence-corrected chi connectivity index (χ0v) is 14.1. The Hall–Kier alpha value is 1.38. The predicted molar refractivity (Wildman–Crippen MR) is 46.9 cm³/mol. The maximum atomic E-state index is 3.25. The van der Waals surface area contributed by atoms with Crippen molar-refractivity contribution in [2.45, 2.75) is 40.5 Å². The molecule has 0 fully saturated rings. The van der Waals surface area contributed by atoms with Gasteiger partial charge in [0.05, 0.1) is 0 Å². The van der Waals surface area contributed by atoms with E-state index < -0.39 is 0 Å². The van der Waals surface area contributed by atoms with Crippen molar-refractivity contribution in [2.24, 2.45) is 0 Å². The van der Waals surface area contributed by atoms with Gasteiger partial charge in [-0.15, -0.1) is 0 Å². The molecule has 0 nitrogen and oxygen atoms in total. The minimum atomic E-state index is 0. The number of hydrogen-bond acceptors (Lipinski definition) is 0. The second-order valence-corrected chi connectivity index (χ2v) is 1.11. The maximum Gasteiger partial charge on any atom is 2.00 e. The van der Waals surface area contributed by atoms with Gasteiger partial charge < -0.3 is 20.3 Å². The first-order valence-electron chi connectivity index (χ1n) is 3.64. The van der Waals surface area contributed by atoms with Crippen LogP contribution in [0.5, 0.6) is 0 Å². The van der Waals surface area contributed by atoms with Crippen LogP contribution < -0.4 is 0 Å². The summed E-state index contributed by atoms with van der Waals surface area (Å²) in [6.45, 7) is 14.3. The molecule has 0 aliphatic heterocycles. The molecule has 0 aromatic rings. The molecule has 0 bridgehead atoms. The average molecular weight is 497 g/mol. The molecular weight excluding hydrogens is 476 g/mol. The second kappa shape index (κ2) is 64.0. The molecular formula is C9H21W2-. The smallest absolute Gasteiger partial charge is 0.346 e. The standard InChI is InChI=1S/C5H11.2C2H5.2W/c1-3-5-4-2;2*1-2;;/h5H,3-4H2,1-2H3;2*1H2,2H3;;/q3*-1;;+2. The van der Waals surface area contributed by atoms with Gasteiger partial charge in [0.2, 0.25) is 0 Å². The Morgan fingerprint density at radius 2 is 1.09 bits per heavy atom. The molecule has 0 aromatic heterocycles. The summed E-state index contributed by atoms with van der Waals surface area (Å²) in [5.41, 5.74) is 0. The summed E-state index contributed by atoms with van der Waals surface area (Å²) < 4.78 is 0. The molecule has 70 valence electrons. The summed E-state index contributed by atoms with van der Waals surface area (Å²) in [6.07, 6.45) is 4.69. The van der Waals surface area contributed by atoms with Crippen LogP contribution in [0.2, 0.25) is 0 Å². The topological polar surface area (TPSA) is 0 Å². The van der Waals surface area contributed by atoms with Gasteiger partial charge in [-0.05, 0) is 0 Å². The van der Waals surface area contributed by atoms with Gasteiger partial charge in [-0.2, -0.15) is 26.7 Å². The van der Waals surface area contributed by atoms with Crippen LogP contribution in [-0.2, 0) is 42.1 Å². The van der Waals surface area contributed by atoms with Gasteiger partial charge in [0, 0.05) is 21.1 Å². The monoisotopic (exact) mass is 497 g/mol. The Bertz CT molecular complexity index is 15.0. The van der Waals surface area contributed by atoms with Gasteiger partial charge in [-0.3, -0.25) is 0 Å². The molecule has 0 heterocycles. The maximum absolute atomic E-state index is 3.25. The van der Waals surface area contributed by atoms with E-state index in [-0.39, 0.29) is 42.1 Å². The minimum absolute atomic E-state index is 0. The second-order valence-electron chi connectivity index (χ2n) is 1.11. The van der Waals surface area contributed by atoms with Crippen molar-refractivity contribution < 1.29 is 42.1 Å². The van der Waals surface area contributed by atoms with Gasteiger partial charge in [-0.1, -0.05) is 13.8 Å². The van der Waals surface area contributed by atoms with Crippen LogP contribution in [0.3, 0.4) is 0 Å². The van der Waals surface area contributed by atoms with E-state index in [0.717, 1.165) is 0 Å². The van der Waals surface area contributed by atoms with Gasteiger partial charge in [0.1, 0.15) is 0 Å². The first kappa shape index (κ1) is 29.4. The zero-order chi connectivity index (χ0) is 8.12. The van der Waals surface area contributed by atoms with Crippen molar-refractivity contribution >= 4 is 0 Å². The third kappa shape index (κ3) is 87.7. The van der Waals surface area contributed by atoms with E-state index in [1.54, 1.807) is 13.8 Å². The molecule has 0 saturated carbocycles. The molecule has 0 aliphatic carbocycles. The number of rotatable bonds is 2. The van der Waals surface area contributed by atoms with E-state index in [4.69, 9.17) is 0 Å². The Balaban J connectivity index is -0.0000000178. The number of unbranched alkanes of at least 4 members (excludes halogenated alkanes) is 2. The average Bonchev–Trinajstić information content (AvgIpc) is 1.98. The van der Waals surface area contributed by atoms with Crippen molar-refractivity contribution in [2.75, 3.05) is 0 Å². The molecule has 0 atom stereocenters. The van der Waals surface area contributed by atoms with E-state index in [1.165, 1.54) is 12.8 Å². The van der Waals surface area contributed by atoms with E-state index >= 15 is 0 Å². The molecule has 0 spiro atoms. The van der Waals surface area contributed by atoms with Crippen LogP contribution in [0.15, 0.2) is 0 Å². The minimum Gasteiger partial charge on any atom is -0.346 e. The predicted octanol–water partition coefficient (Wildman–Crippen LogP) is 3.69. The molecule has 11 heavy (non-hydrogen) atoms. The number of hydrogen-bond donors (Lipinski definition) is 0. The van der Waals surface area contributed by atoms with Crippen LogP contribution >= 0.6 is 0 Å². The Morgan fingerprint density at radius 1 is 0.909 bits per heavy atom. The summed E-state index contributed by atoms with van der Waals surface area (Å²) in [4.78, 5) is 0. The molecule has 0 saturated heterocycles. The molecule has 0 aliphatic rings. The zero-order valence-electron chi connectivity index (χ0n) is 8.22. The molecule has 0 radical (unpaired) electrons. The quantitative estimate of drug-likeness (QED) is 0.512.